The van der Waals surface area contributed by atoms with Crippen LogP contribution < -0.4 is 4.74 Å². The highest BCUT2D eigenvalue weighted by molar-refractivity contribution is 9.10. The van der Waals surface area contributed by atoms with Crippen molar-refractivity contribution in [3.05, 3.63) is 28.2 Å². The predicted molar refractivity (Wildman–Crippen MR) is 79.6 cm³/mol. The number of likely N-dealkylation sites (tertiary alicyclic amines) is 1. The van der Waals surface area contributed by atoms with Gasteiger partial charge in [0.05, 0.1) is 12.7 Å². The number of hydrogen-bond donors (Lipinski definition) is 0. The number of rotatable bonds is 2. The SMILES string of the molecule is COc1cc(Br)ccc1C(=O)N1[C@H](C)CCC[C@@H]1C. The maximum atomic E-state index is 12.7. The van der Waals surface area contributed by atoms with Crippen LogP contribution in [0.5, 0.6) is 5.75 Å². The van der Waals surface area contributed by atoms with Gasteiger partial charge in [-0.2, -0.15) is 0 Å². The zero-order valence-corrected chi connectivity index (χ0v) is 13.2. The van der Waals surface area contributed by atoms with Crippen LogP contribution in [-0.4, -0.2) is 30.0 Å². The minimum Gasteiger partial charge on any atom is -0.496 e. The van der Waals surface area contributed by atoms with E-state index < -0.39 is 0 Å². The van der Waals surface area contributed by atoms with E-state index in [1.165, 1.54) is 6.42 Å². The molecule has 0 unspecified atom stereocenters. The van der Waals surface area contributed by atoms with E-state index in [9.17, 15) is 4.79 Å². The van der Waals surface area contributed by atoms with Crippen LogP contribution in [0, 0.1) is 0 Å². The van der Waals surface area contributed by atoms with Crippen molar-refractivity contribution in [3.63, 3.8) is 0 Å². The minimum absolute atomic E-state index is 0.0732. The first-order valence-corrected chi connectivity index (χ1v) is 7.50. The van der Waals surface area contributed by atoms with Gasteiger partial charge in [-0.05, 0) is 51.3 Å². The molecule has 19 heavy (non-hydrogen) atoms. The zero-order chi connectivity index (χ0) is 14.0. The van der Waals surface area contributed by atoms with Crippen molar-refractivity contribution in [1.82, 2.24) is 4.90 Å². The van der Waals surface area contributed by atoms with Gasteiger partial charge in [0.2, 0.25) is 0 Å². The number of ether oxygens (including phenoxy) is 1. The van der Waals surface area contributed by atoms with E-state index >= 15 is 0 Å². The number of carbonyl (C=O) groups excluding carboxylic acids is 1. The molecule has 0 N–H and O–H groups in total. The molecule has 0 saturated carbocycles. The lowest BCUT2D eigenvalue weighted by atomic mass is 9.96. The van der Waals surface area contributed by atoms with Gasteiger partial charge in [-0.1, -0.05) is 15.9 Å². The second-order valence-electron chi connectivity index (χ2n) is 5.19. The predicted octanol–water partition coefficient (Wildman–Crippen LogP) is 3.86. The molecule has 2 rings (SSSR count). The fraction of sp³-hybridized carbons (Fsp3) is 0.533. The quantitative estimate of drug-likeness (QED) is 0.826. The van der Waals surface area contributed by atoms with E-state index in [-0.39, 0.29) is 5.91 Å². The zero-order valence-electron chi connectivity index (χ0n) is 11.6. The molecule has 1 aromatic rings. The van der Waals surface area contributed by atoms with Crippen molar-refractivity contribution < 1.29 is 9.53 Å². The van der Waals surface area contributed by atoms with Crippen LogP contribution in [0.4, 0.5) is 0 Å². The summed E-state index contributed by atoms with van der Waals surface area (Å²) in [4.78, 5) is 14.7. The summed E-state index contributed by atoms with van der Waals surface area (Å²) in [7, 11) is 1.60. The van der Waals surface area contributed by atoms with Gasteiger partial charge in [0, 0.05) is 16.6 Å². The molecule has 0 aliphatic carbocycles. The Labute approximate surface area is 123 Å². The minimum atomic E-state index is 0.0732. The van der Waals surface area contributed by atoms with Crippen molar-refractivity contribution in [2.45, 2.75) is 45.2 Å². The molecule has 1 fully saturated rings. The van der Waals surface area contributed by atoms with Crippen molar-refractivity contribution in [2.75, 3.05) is 7.11 Å². The van der Waals surface area contributed by atoms with Gasteiger partial charge >= 0.3 is 0 Å². The third-order valence-corrected chi connectivity index (χ3v) is 4.32. The van der Waals surface area contributed by atoms with Crippen molar-refractivity contribution in [3.8, 4) is 5.75 Å². The number of piperidine rings is 1. The first-order valence-electron chi connectivity index (χ1n) is 6.70. The Morgan fingerprint density at radius 3 is 2.53 bits per heavy atom. The fourth-order valence-electron chi connectivity index (χ4n) is 2.80. The standard InChI is InChI=1S/C15H20BrNO2/c1-10-5-4-6-11(2)17(10)15(18)13-8-7-12(16)9-14(13)19-3/h7-11H,4-6H2,1-3H3/t10-,11+. The average Bonchev–Trinajstić information content (AvgIpc) is 2.38. The molecule has 1 heterocycles. The Bertz CT molecular complexity index is 465. The maximum absolute atomic E-state index is 12.7. The number of hydrogen-bond acceptors (Lipinski definition) is 2. The number of carbonyl (C=O) groups is 1. The van der Waals surface area contributed by atoms with E-state index in [0.29, 0.717) is 23.4 Å². The summed E-state index contributed by atoms with van der Waals surface area (Å²) in [6, 6.07) is 6.15. The van der Waals surface area contributed by atoms with E-state index in [0.717, 1.165) is 17.3 Å². The molecule has 4 heteroatoms. The Morgan fingerprint density at radius 2 is 1.95 bits per heavy atom. The van der Waals surface area contributed by atoms with Crippen molar-refractivity contribution in [1.29, 1.82) is 0 Å². The van der Waals surface area contributed by atoms with E-state index in [4.69, 9.17) is 4.74 Å². The Balaban J connectivity index is 2.32. The van der Waals surface area contributed by atoms with Gasteiger partial charge in [-0.25, -0.2) is 0 Å². The number of methoxy groups -OCH3 is 1. The van der Waals surface area contributed by atoms with Gasteiger partial charge in [-0.3, -0.25) is 4.79 Å². The lowest BCUT2D eigenvalue weighted by Crippen LogP contribution is -2.47. The van der Waals surface area contributed by atoms with Gasteiger partial charge in [0.1, 0.15) is 5.75 Å². The van der Waals surface area contributed by atoms with Crippen LogP contribution >= 0.6 is 15.9 Å². The molecule has 104 valence electrons. The number of halogens is 1. The van der Waals surface area contributed by atoms with Gasteiger partial charge in [0.15, 0.2) is 0 Å². The van der Waals surface area contributed by atoms with Crippen molar-refractivity contribution >= 4 is 21.8 Å². The average molecular weight is 326 g/mol. The first-order chi connectivity index (χ1) is 9.04. The Morgan fingerprint density at radius 1 is 1.32 bits per heavy atom. The van der Waals surface area contributed by atoms with Gasteiger partial charge in [0.25, 0.3) is 5.91 Å². The summed E-state index contributed by atoms with van der Waals surface area (Å²) < 4.78 is 6.25. The summed E-state index contributed by atoms with van der Waals surface area (Å²) in [6.07, 6.45) is 3.35. The largest absolute Gasteiger partial charge is 0.496 e. The van der Waals surface area contributed by atoms with Crippen molar-refractivity contribution in [2.24, 2.45) is 0 Å². The molecule has 1 aliphatic heterocycles. The van der Waals surface area contributed by atoms with Crippen LogP contribution in [0.15, 0.2) is 22.7 Å². The van der Waals surface area contributed by atoms with E-state index in [2.05, 4.69) is 29.8 Å². The number of nitrogens with zero attached hydrogens (tertiary/aromatic N) is 1. The smallest absolute Gasteiger partial charge is 0.258 e. The molecule has 0 bridgehead atoms. The van der Waals surface area contributed by atoms with Crippen LogP contribution in [0.25, 0.3) is 0 Å². The van der Waals surface area contributed by atoms with E-state index in [1.54, 1.807) is 7.11 Å². The highest BCUT2D eigenvalue weighted by Gasteiger charge is 2.30. The molecule has 1 saturated heterocycles. The highest BCUT2D eigenvalue weighted by Crippen LogP contribution is 2.29. The molecular formula is C15H20BrNO2. The molecule has 0 aromatic heterocycles. The molecule has 1 amide bonds. The summed E-state index contributed by atoms with van der Waals surface area (Å²) in [5, 5.41) is 0. The summed E-state index contributed by atoms with van der Waals surface area (Å²) >= 11 is 3.40. The fourth-order valence-corrected chi connectivity index (χ4v) is 3.14. The lowest BCUT2D eigenvalue weighted by molar-refractivity contribution is 0.0507. The molecule has 1 aromatic carbocycles. The van der Waals surface area contributed by atoms with Crippen LogP contribution in [0.2, 0.25) is 0 Å². The van der Waals surface area contributed by atoms with Crippen LogP contribution in [-0.2, 0) is 0 Å². The summed E-state index contributed by atoms with van der Waals surface area (Å²) in [6.45, 7) is 4.25. The monoisotopic (exact) mass is 325 g/mol. The maximum Gasteiger partial charge on any atom is 0.258 e. The second-order valence-corrected chi connectivity index (χ2v) is 6.10. The van der Waals surface area contributed by atoms with Gasteiger partial charge in [-0.15, -0.1) is 0 Å². The lowest BCUT2D eigenvalue weighted by Gasteiger charge is -2.39. The Kier molecular flexibility index (Phi) is 4.50. The van der Waals surface area contributed by atoms with Crippen LogP contribution in [0.1, 0.15) is 43.5 Å². The molecule has 1 aliphatic rings. The highest BCUT2D eigenvalue weighted by atomic mass is 79.9. The van der Waals surface area contributed by atoms with Crippen LogP contribution in [0.3, 0.4) is 0 Å². The molecule has 0 radical (unpaired) electrons. The summed E-state index contributed by atoms with van der Waals surface area (Å²) in [5.74, 6) is 0.702. The third kappa shape index (κ3) is 2.94. The number of benzene rings is 1. The second kappa shape index (κ2) is 5.95. The molecule has 0 spiro atoms. The number of amides is 1. The molecule has 3 nitrogen and oxygen atoms in total. The Hall–Kier alpha value is -1.03. The first kappa shape index (κ1) is 14.4. The molecular weight excluding hydrogens is 306 g/mol. The third-order valence-electron chi connectivity index (χ3n) is 3.82. The topological polar surface area (TPSA) is 29.5 Å². The summed E-state index contributed by atoms with van der Waals surface area (Å²) in [5.41, 5.74) is 0.645. The normalized spacial score (nSPS) is 23.3. The van der Waals surface area contributed by atoms with E-state index in [1.807, 2.05) is 23.1 Å². The van der Waals surface area contributed by atoms with Gasteiger partial charge < -0.3 is 9.64 Å². The molecule has 2 atom stereocenters.